The van der Waals surface area contributed by atoms with Crippen molar-refractivity contribution >= 4 is 23.4 Å². The van der Waals surface area contributed by atoms with Gasteiger partial charge < -0.3 is 20.0 Å². The molecule has 196 valence electrons. The number of hydrogen-bond donors (Lipinski definition) is 1. The van der Waals surface area contributed by atoms with E-state index >= 15 is 0 Å². The molecule has 8 nitrogen and oxygen atoms in total. The van der Waals surface area contributed by atoms with Gasteiger partial charge in [0.2, 0.25) is 11.8 Å². The summed E-state index contributed by atoms with van der Waals surface area (Å²) >= 11 is 0. The molecule has 0 radical (unpaired) electrons. The van der Waals surface area contributed by atoms with E-state index in [2.05, 4.69) is 15.2 Å². The smallest absolute Gasteiger partial charge is 0.270 e. The van der Waals surface area contributed by atoms with Crippen LogP contribution in [-0.4, -0.2) is 70.9 Å². The number of hydrogen-bond acceptors (Lipinski definition) is 5. The maximum Gasteiger partial charge on any atom is 0.270 e. The van der Waals surface area contributed by atoms with Gasteiger partial charge in [0.25, 0.3) is 5.91 Å². The lowest BCUT2D eigenvalue weighted by atomic mass is 9.81. The number of benzene rings is 1. The van der Waals surface area contributed by atoms with E-state index in [1.165, 1.54) is 6.42 Å². The molecule has 1 saturated carbocycles. The Labute approximate surface area is 219 Å². The third-order valence-corrected chi connectivity index (χ3v) is 8.38. The number of likely N-dealkylation sites (N-methyl/N-ethyl adjacent to an activating group) is 1. The number of carbonyl (C=O) groups excluding carboxylic acids is 3. The summed E-state index contributed by atoms with van der Waals surface area (Å²) in [6, 6.07) is 14.8. The molecule has 1 aliphatic carbocycles. The second-order valence-corrected chi connectivity index (χ2v) is 10.8. The molecular weight excluding hydrogens is 466 g/mol. The Balaban J connectivity index is 1.33. The number of nitrogens with one attached hydrogen (secondary N) is 1. The minimum absolute atomic E-state index is 0.0344. The van der Waals surface area contributed by atoms with Gasteiger partial charge in [0.05, 0.1) is 6.67 Å². The van der Waals surface area contributed by atoms with Gasteiger partial charge in [-0.2, -0.15) is 0 Å². The minimum Gasteiger partial charge on any atom is -0.341 e. The number of piperidine rings is 1. The number of nitrogens with zero attached hydrogens (tertiary/aromatic N) is 4. The van der Waals surface area contributed by atoms with Crippen molar-refractivity contribution in [1.29, 1.82) is 0 Å². The van der Waals surface area contributed by atoms with Crippen LogP contribution in [0.1, 0.15) is 61.1 Å². The predicted octanol–water partition coefficient (Wildman–Crippen LogP) is 3.37. The number of likely N-dealkylation sites (tertiary alicyclic amines) is 1. The van der Waals surface area contributed by atoms with Gasteiger partial charge in [0.15, 0.2) is 0 Å². The zero-order valence-corrected chi connectivity index (χ0v) is 21.9. The maximum atomic E-state index is 13.9. The summed E-state index contributed by atoms with van der Waals surface area (Å²) in [6.45, 7) is 3.37. The second-order valence-electron chi connectivity index (χ2n) is 10.8. The summed E-state index contributed by atoms with van der Waals surface area (Å²) < 4.78 is 0. The molecule has 8 heteroatoms. The van der Waals surface area contributed by atoms with Crippen molar-refractivity contribution in [3.05, 3.63) is 59.9 Å². The Morgan fingerprint density at radius 1 is 1.00 bits per heavy atom. The number of aryl methyl sites for hydroxylation is 1. The number of rotatable bonds is 5. The lowest BCUT2D eigenvalue weighted by molar-refractivity contribution is -0.140. The molecule has 3 heterocycles. The molecule has 1 N–H and O–H groups in total. The Kier molecular flexibility index (Phi) is 7.17. The van der Waals surface area contributed by atoms with Crippen molar-refractivity contribution < 1.29 is 14.4 Å². The first-order valence-electron chi connectivity index (χ1n) is 13.5. The summed E-state index contributed by atoms with van der Waals surface area (Å²) in [5.41, 5.74) is 1.49. The molecule has 3 aliphatic rings. The van der Waals surface area contributed by atoms with Gasteiger partial charge in [-0.05, 0) is 62.8 Å². The average molecular weight is 504 g/mol. The molecule has 0 unspecified atom stereocenters. The molecule has 5 rings (SSSR count). The molecule has 37 heavy (non-hydrogen) atoms. The van der Waals surface area contributed by atoms with Crippen LogP contribution < -0.4 is 10.2 Å². The molecule has 1 aromatic carbocycles. The number of anilines is 1. The van der Waals surface area contributed by atoms with Crippen LogP contribution >= 0.6 is 0 Å². The number of aromatic nitrogens is 1. The number of pyridine rings is 1. The van der Waals surface area contributed by atoms with E-state index in [0.29, 0.717) is 38.3 Å². The van der Waals surface area contributed by atoms with Crippen LogP contribution in [0.3, 0.4) is 0 Å². The van der Waals surface area contributed by atoms with Crippen LogP contribution in [0.25, 0.3) is 0 Å². The summed E-state index contributed by atoms with van der Waals surface area (Å²) in [5.74, 6) is -0.103. The third-order valence-electron chi connectivity index (χ3n) is 8.38. The molecule has 1 spiro atoms. The number of amides is 3. The highest BCUT2D eigenvalue weighted by Crippen LogP contribution is 2.39. The number of para-hydroxylation sites is 1. The molecule has 2 saturated heterocycles. The van der Waals surface area contributed by atoms with Crippen molar-refractivity contribution in [1.82, 2.24) is 20.1 Å². The molecule has 2 aliphatic heterocycles. The summed E-state index contributed by atoms with van der Waals surface area (Å²) in [6.07, 6.45) is 6.32. The summed E-state index contributed by atoms with van der Waals surface area (Å²) in [5, 5.41) is 3.06. The molecular formula is C29H37N5O3. The Morgan fingerprint density at radius 3 is 2.38 bits per heavy atom. The SMILES string of the molecule is Cc1cccc(C(=O)N[C@@H](C(=O)N2CCC3(CC2)C(=O)N(C)CN3c2ccccc2)C2CCCCC2)n1. The first-order valence-corrected chi connectivity index (χ1v) is 13.5. The molecule has 1 aromatic heterocycles. The van der Waals surface area contributed by atoms with Crippen molar-refractivity contribution in [2.45, 2.75) is 63.5 Å². The Bertz CT molecular complexity index is 1140. The second kappa shape index (κ2) is 10.5. The molecule has 3 fully saturated rings. The van der Waals surface area contributed by atoms with Crippen molar-refractivity contribution in [3.63, 3.8) is 0 Å². The highest BCUT2D eigenvalue weighted by atomic mass is 16.2. The fraction of sp³-hybridized carbons (Fsp3) is 0.517. The average Bonchev–Trinajstić information content (AvgIpc) is 3.17. The van der Waals surface area contributed by atoms with E-state index in [-0.39, 0.29) is 23.6 Å². The van der Waals surface area contributed by atoms with Crippen molar-refractivity contribution in [3.8, 4) is 0 Å². The summed E-state index contributed by atoms with van der Waals surface area (Å²) in [7, 11) is 1.85. The first kappa shape index (κ1) is 25.2. The minimum atomic E-state index is -0.637. The lowest BCUT2D eigenvalue weighted by Crippen LogP contribution is -2.60. The predicted molar refractivity (Wildman–Crippen MR) is 142 cm³/mol. The fourth-order valence-electron chi connectivity index (χ4n) is 6.33. The zero-order valence-electron chi connectivity index (χ0n) is 21.9. The molecule has 2 aromatic rings. The van der Waals surface area contributed by atoms with E-state index in [4.69, 9.17) is 0 Å². The van der Waals surface area contributed by atoms with E-state index in [9.17, 15) is 14.4 Å². The van der Waals surface area contributed by atoms with Crippen LogP contribution in [-0.2, 0) is 9.59 Å². The van der Waals surface area contributed by atoms with E-state index < -0.39 is 11.6 Å². The van der Waals surface area contributed by atoms with Crippen LogP contribution in [0.2, 0.25) is 0 Å². The monoisotopic (exact) mass is 503 g/mol. The first-order chi connectivity index (χ1) is 17.9. The maximum absolute atomic E-state index is 13.9. The standard InChI is InChI=1S/C29H37N5O3/c1-21-10-9-15-24(30-21)26(35)31-25(22-11-5-3-6-12-22)27(36)33-18-16-29(17-19-33)28(37)32(2)20-34(29)23-13-7-4-8-14-23/h4,7-10,13-15,22,25H,3,5-6,11-12,16-20H2,1-2H3,(H,31,35)/t25-/m1/s1. The van der Waals surface area contributed by atoms with Crippen LogP contribution in [0.15, 0.2) is 48.5 Å². The van der Waals surface area contributed by atoms with Crippen LogP contribution in [0.4, 0.5) is 5.69 Å². The summed E-state index contributed by atoms with van der Waals surface area (Å²) in [4.78, 5) is 50.6. The van der Waals surface area contributed by atoms with E-state index in [1.54, 1.807) is 11.0 Å². The van der Waals surface area contributed by atoms with E-state index in [0.717, 1.165) is 37.1 Å². The van der Waals surface area contributed by atoms with Crippen LogP contribution in [0.5, 0.6) is 0 Å². The van der Waals surface area contributed by atoms with Gasteiger partial charge in [-0.25, -0.2) is 4.98 Å². The van der Waals surface area contributed by atoms with Crippen molar-refractivity contribution in [2.75, 3.05) is 31.7 Å². The van der Waals surface area contributed by atoms with Gasteiger partial charge in [-0.1, -0.05) is 43.5 Å². The highest BCUT2D eigenvalue weighted by Gasteiger charge is 2.53. The van der Waals surface area contributed by atoms with Gasteiger partial charge >= 0.3 is 0 Å². The highest BCUT2D eigenvalue weighted by molar-refractivity contribution is 5.97. The Morgan fingerprint density at radius 2 is 1.70 bits per heavy atom. The molecule has 0 bridgehead atoms. The normalized spacial score (nSPS) is 20.8. The lowest BCUT2D eigenvalue weighted by Gasteiger charge is -2.44. The number of carbonyl (C=O) groups is 3. The molecule has 1 atom stereocenters. The third kappa shape index (κ3) is 4.93. The van der Waals surface area contributed by atoms with Gasteiger partial charge in [-0.15, -0.1) is 0 Å². The zero-order chi connectivity index (χ0) is 26.0. The largest absolute Gasteiger partial charge is 0.341 e. The van der Waals surface area contributed by atoms with E-state index in [1.807, 2.05) is 61.3 Å². The topological polar surface area (TPSA) is 85.8 Å². The van der Waals surface area contributed by atoms with Crippen LogP contribution in [0, 0.1) is 12.8 Å². The van der Waals surface area contributed by atoms with Gasteiger partial charge in [-0.3, -0.25) is 14.4 Å². The van der Waals surface area contributed by atoms with Gasteiger partial charge in [0, 0.05) is 31.5 Å². The van der Waals surface area contributed by atoms with Gasteiger partial charge in [0.1, 0.15) is 17.3 Å². The Hall–Kier alpha value is -3.42. The van der Waals surface area contributed by atoms with Crippen molar-refractivity contribution in [2.24, 2.45) is 5.92 Å². The molecule has 3 amide bonds. The quantitative estimate of drug-likeness (QED) is 0.676. The fourth-order valence-corrected chi connectivity index (χ4v) is 6.33.